The van der Waals surface area contributed by atoms with Crippen molar-refractivity contribution in [3.8, 4) is 0 Å². The van der Waals surface area contributed by atoms with Crippen LogP contribution in [0.4, 0.5) is 0 Å². The molecule has 2 rings (SSSR count). The van der Waals surface area contributed by atoms with Crippen molar-refractivity contribution in [2.24, 2.45) is 11.8 Å². The van der Waals surface area contributed by atoms with Gasteiger partial charge in [-0.1, -0.05) is 13.0 Å². The van der Waals surface area contributed by atoms with E-state index < -0.39 is 0 Å². The van der Waals surface area contributed by atoms with Crippen LogP contribution in [0.1, 0.15) is 53.0 Å². The van der Waals surface area contributed by atoms with Crippen LogP contribution >= 0.6 is 11.6 Å². The molecule has 1 aromatic carbocycles. The summed E-state index contributed by atoms with van der Waals surface area (Å²) in [4.78, 5) is 0. The van der Waals surface area contributed by atoms with Crippen molar-refractivity contribution in [2.75, 3.05) is 0 Å². The molecule has 94 valence electrons. The molecule has 0 nitrogen and oxygen atoms in total. The summed E-state index contributed by atoms with van der Waals surface area (Å²) in [5, 5.41) is 0.182. The first-order valence-corrected chi connectivity index (χ1v) is 7.08. The molecule has 2 atom stereocenters. The van der Waals surface area contributed by atoms with E-state index in [0.717, 1.165) is 5.92 Å². The minimum absolute atomic E-state index is 0.182. The molecule has 1 saturated carbocycles. The predicted molar refractivity (Wildman–Crippen MR) is 75.9 cm³/mol. The molecule has 0 aromatic heterocycles. The van der Waals surface area contributed by atoms with Crippen molar-refractivity contribution < 1.29 is 0 Å². The van der Waals surface area contributed by atoms with Crippen molar-refractivity contribution in [1.29, 1.82) is 0 Å². The third-order valence-electron chi connectivity index (χ3n) is 4.53. The lowest BCUT2D eigenvalue weighted by Crippen LogP contribution is -2.11. The van der Waals surface area contributed by atoms with Crippen LogP contribution in [0, 0.1) is 39.5 Å². The first kappa shape index (κ1) is 13.0. The molecule has 0 N–H and O–H groups in total. The van der Waals surface area contributed by atoms with Gasteiger partial charge in [-0.2, -0.15) is 0 Å². The maximum Gasteiger partial charge on any atom is 0.0618 e. The van der Waals surface area contributed by atoms with Gasteiger partial charge in [-0.15, -0.1) is 11.6 Å². The summed E-state index contributed by atoms with van der Waals surface area (Å²) in [5.41, 5.74) is 6.92. The first-order valence-electron chi connectivity index (χ1n) is 6.64. The highest BCUT2D eigenvalue weighted by atomic mass is 35.5. The van der Waals surface area contributed by atoms with Gasteiger partial charge in [-0.05, 0) is 80.2 Å². The molecule has 1 fully saturated rings. The van der Waals surface area contributed by atoms with E-state index in [4.69, 9.17) is 11.6 Å². The topological polar surface area (TPSA) is 0 Å². The van der Waals surface area contributed by atoms with E-state index in [0.29, 0.717) is 5.92 Å². The van der Waals surface area contributed by atoms with Crippen LogP contribution in [-0.2, 0) is 0 Å². The van der Waals surface area contributed by atoms with E-state index in [1.54, 1.807) is 0 Å². The largest absolute Gasteiger partial charge is 0.118 e. The zero-order chi connectivity index (χ0) is 12.7. The molecule has 1 aliphatic carbocycles. The molecule has 17 heavy (non-hydrogen) atoms. The van der Waals surface area contributed by atoms with Crippen LogP contribution in [0.25, 0.3) is 0 Å². The smallest absolute Gasteiger partial charge is 0.0618 e. The zero-order valence-electron chi connectivity index (χ0n) is 11.6. The third-order valence-corrected chi connectivity index (χ3v) is 5.14. The lowest BCUT2D eigenvalue weighted by molar-refractivity contribution is 0.489. The van der Waals surface area contributed by atoms with E-state index in [-0.39, 0.29) is 5.38 Å². The minimum atomic E-state index is 0.182. The van der Waals surface area contributed by atoms with E-state index in [1.807, 2.05) is 0 Å². The molecule has 0 aliphatic heterocycles. The van der Waals surface area contributed by atoms with Gasteiger partial charge in [-0.25, -0.2) is 0 Å². The van der Waals surface area contributed by atoms with Crippen LogP contribution < -0.4 is 0 Å². The van der Waals surface area contributed by atoms with Gasteiger partial charge >= 0.3 is 0 Å². The molecule has 0 bridgehead atoms. The fourth-order valence-electron chi connectivity index (χ4n) is 2.78. The van der Waals surface area contributed by atoms with Crippen molar-refractivity contribution in [3.63, 3.8) is 0 Å². The molecule has 0 spiro atoms. The van der Waals surface area contributed by atoms with Crippen LogP contribution in [0.15, 0.2) is 6.07 Å². The fraction of sp³-hybridized carbons (Fsp3) is 0.625. The standard InChI is InChI=1S/C16H23Cl/c1-9-8-10(2)12(4)15(11(9)3)16(17)13(5)14-6-7-14/h8,13-14,16H,6-7H2,1-5H3. The van der Waals surface area contributed by atoms with Gasteiger partial charge < -0.3 is 0 Å². The van der Waals surface area contributed by atoms with Gasteiger partial charge in [-0.3, -0.25) is 0 Å². The second-order valence-corrected chi connectivity index (χ2v) is 6.24. The minimum Gasteiger partial charge on any atom is -0.118 e. The summed E-state index contributed by atoms with van der Waals surface area (Å²) in [6.07, 6.45) is 2.74. The highest BCUT2D eigenvalue weighted by molar-refractivity contribution is 6.21. The predicted octanol–water partition coefficient (Wildman–Crippen LogP) is 5.25. The molecule has 2 unspecified atom stereocenters. The van der Waals surface area contributed by atoms with Crippen molar-refractivity contribution >= 4 is 11.6 Å². The average Bonchev–Trinajstić information content (AvgIpc) is 3.09. The monoisotopic (exact) mass is 250 g/mol. The van der Waals surface area contributed by atoms with Crippen LogP contribution in [-0.4, -0.2) is 0 Å². The number of hydrogen-bond acceptors (Lipinski definition) is 0. The maximum absolute atomic E-state index is 6.75. The second kappa shape index (κ2) is 4.65. The van der Waals surface area contributed by atoms with E-state index in [1.165, 1.54) is 40.7 Å². The third kappa shape index (κ3) is 2.38. The SMILES string of the molecule is Cc1cc(C)c(C)c(C(Cl)C(C)C2CC2)c1C. The van der Waals surface area contributed by atoms with Gasteiger partial charge in [0.05, 0.1) is 5.38 Å². The highest BCUT2D eigenvalue weighted by Gasteiger charge is 2.34. The lowest BCUT2D eigenvalue weighted by Gasteiger charge is -2.24. The van der Waals surface area contributed by atoms with Gasteiger partial charge in [0.25, 0.3) is 0 Å². The molecular formula is C16H23Cl. The molecule has 1 heteroatoms. The van der Waals surface area contributed by atoms with Crippen molar-refractivity contribution in [1.82, 2.24) is 0 Å². The fourth-order valence-corrected chi connectivity index (χ4v) is 3.32. The zero-order valence-corrected chi connectivity index (χ0v) is 12.4. The van der Waals surface area contributed by atoms with Gasteiger partial charge in [0.2, 0.25) is 0 Å². The quantitative estimate of drug-likeness (QED) is 0.643. The average molecular weight is 251 g/mol. The number of halogens is 1. The summed E-state index contributed by atoms with van der Waals surface area (Å²) < 4.78 is 0. The Balaban J connectivity index is 2.42. The number of alkyl halides is 1. The van der Waals surface area contributed by atoms with Gasteiger partial charge in [0, 0.05) is 0 Å². The Bertz CT molecular complexity index is 403. The number of benzene rings is 1. The van der Waals surface area contributed by atoms with Crippen LogP contribution in [0.2, 0.25) is 0 Å². The Morgan fingerprint density at radius 2 is 1.53 bits per heavy atom. The summed E-state index contributed by atoms with van der Waals surface area (Å²) in [6, 6.07) is 2.28. The molecular weight excluding hydrogens is 228 g/mol. The normalized spacial score (nSPS) is 19.2. The van der Waals surface area contributed by atoms with E-state index in [2.05, 4.69) is 40.7 Å². The number of aryl methyl sites for hydroxylation is 2. The Labute approximate surface area is 110 Å². The molecule has 0 heterocycles. The number of hydrogen-bond donors (Lipinski definition) is 0. The first-order chi connectivity index (χ1) is 7.93. The number of rotatable bonds is 3. The summed E-state index contributed by atoms with van der Waals surface area (Å²) in [7, 11) is 0. The molecule has 0 amide bonds. The van der Waals surface area contributed by atoms with E-state index >= 15 is 0 Å². The van der Waals surface area contributed by atoms with Crippen LogP contribution in [0.3, 0.4) is 0 Å². The lowest BCUT2D eigenvalue weighted by atomic mass is 9.86. The van der Waals surface area contributed by atoms with Gasteiger partial charge in [0.15, 0.2) is 0 Å². The van der Waals surface area contributed by atoms with Crippen LogP contribution in [0.5, 0.6) is 0 Å². The highest BCUT2D eigenvalue weighted by Crippen LogP contribution is 2.47. The summed E-state index contributed by atoms with van der Waals surface area (Å²) in [6.45, 7) is 11.1. The second-order valence-electron chi connectivity index (χ2n) is 5.77. The van der Waals surface area contributed by atoms with Crippen molar-refractivity contribution in [2.45, 2.75) is 52.8 Å². The Morgan fingerprint density at radius 1 is 1.06 bits per heavy atom. The summed E-state index contributed by atoms with van der Waals surface area (Å²) >= 11 is 6.75. The maximum atomic E-state index is 6.75. The van der Waals surface area contributed by atoms with Crippen molar-refractivity contribution in [3.05, 3.63) is 33.9 Å². The molecule has 0 saturated heterocycles. The Hall–Kier alpha value is -0.490. The molecule has 1 aromatic rings. The van der Waals surface area contributed by atoms with Gasteiger partial charge in [0.1, 0.15) is 0 Å². The molecule has 0 radical (unpaired) electrons. The summed E-state index contributed by atoms with van der Waals surface area (Å²) in [5.74, 6) is 1.47. The Morgan fingerprint density at radius 3 is 1.94 bits per heavy atom. The molecule has 1 aliphatic rings. The van der Waals surface area contributed by atoms with E-state index in [9.17, 15) is 0 Å². The Kier molecular flexibility index (Phi) is 3.54.